The summed E-state index contributed by atoms with van der Waals surface area (Å²) in [4.78, 5) is 2.54. The van der Waals surface area contributed by atoms with Gasteiger partial charge in [0, 0.05) is 12.2 Å². The van der Waals surface area contributed by atoms with Gasteiger partial charge >= 0.3 is 0 Å². The molecule has 1 aliphatic carbocycles. The number of fused-ring (bicyclic) bond motifs is 3. The molecular weight excluding hydrogens is 418 g/mol. The van der Waals surface area contributed by atoms with Gasteiger partial charge in [0.25, 0.3) is 0 Å². The van der Waals surface area contributed by atoms with E-state index < -0.39 is 0 Å². The molecule has 1 fully saturated rings. The second-order valence-corrected chi connectivity index (χ2v) is 10.8. The Kier molecular flexibility index (Phi) is 5.73. The number of benzene rings is 3. The van der Waals surface area contributed by atoms with Gasteiger partial charge in [-0.2, -0.15) is 5.26 Å². The number of nitriles is 1. The lowest BCUT2D eigenvalue weighted by Gasteiger charge is -2.32. The Hall–Kier alpha value is -3.45. The van der Waals surface area contributed by atoms with Crippen molar-refractivity contribution < 1.29 is 4.74 Å². The lowest BCUT2D eigenvalue weighted by atomic mass is 9.84. The third kappa shape index (κ3) is 4.12. The first-order valence-corrected chi connectivity index (χ1v) is 12.3. The number of rotatable bonds is 5. The van der Waals surface area contributed by atoms with Crippen LogP contribution in [0.25, 0.3) is 11.1 Å². The number of hydrogen-bond acceptors (Lipinski definition) is 4. The molecule has 174 valence electrons. The van der Waals surface area contributed by atoms with E-state index in [9.17, 15) is 5.26 Å². The Morgan fingerprint density at radius 1 is 1.06 bits per heavy atom. The van der Waals surface area contributed by atoms with Crippen molar-refractivity contribution in [2.24, 2.45) is 5.41 Å². The van der Waals surface area contributed by atoms with Gasteiger partial charge in [-0.05, 0) is 77.1 Å². The van der Waals surface area contributed by atoms with Crippen LogP contribution in [0.3, 0.4) is 0 Å². The predicted molar refractivity (Wildman–Crippen MR) is 139 cm³/mol. The fraction of sp³-hybridized carbons (Fsp3) is 0.367. The van der Waals surface area contributed by atoms with Crippen LogP contribution in [0.5, 0.6) is 5.75 Å². The average Bonchev–Trinajstić information content (AvgIpc) is 3.42. The molecule has 4 nitrogen and oxygen atoms in total. The number of hydrogen-bond donors (Lipinski definition) is 1. The SMILES string of the molecule is CC(C)(C)Cc1c(N2CCC[C@@H]2COc2cccc(N)c2C#N)ccc2c1Cc1ccccc1-2. The van der Waals surface area contributed by atoms with Gasteiger partial charge in [-0.1, -0.05) is 57.2 Å². The maximum atomic E-state index is 9.51. The summed E-state index contributed by atoms with van der Waals surface area (Å²) in [5, 5.41) is 9.51. The van der Waals surface area contributed by atoms with Gasteiger partial charge in [0.15, 0.2) is 0 Å². The van der Waals surface area contributed by atoms with E-state index in [1.165, 1.54) is 33.5 Å². The molecule has 0 amide bonds. The van der Waals surface area contributed by atoms with Crippen LogP contribution in [0.2, 0.25) is 0 Å². The first kappa shape index (κ1) is 22.3. The van der Waals surface area contributed by atoms with Crippen LogP contribution in [0.15, 0.2) is 54.6 Å². The summed E-state index contributed by atoms with van der Waals surface area (Å²) < 4.78 is 6.18. The molecule has 1 aliphatic heterocycles. The molecule has 3 aromatic rings. The fourth-order valence-electron chi connectivity index (χ4n) is 5.56. The molecule has 0 aromatic heterocycles. The Morgan fingerprint density at radius 2 is 1.88 bits per heavy atom. The standard InChI is InChI=1S/C30H33N3O/c1-30(2,3)17-25-24-16-20-8-4-5-10-22(20)23(24)13-14-28(25)33-15-7-9-21(33)19-34-29-12-6-11-27(32)26(29)18-31/h4-6,8,10-14,21H,7,9,15-17,19,32H2,1-3H3/t21-/m1/s1. The van der Waals surface area contributed by atoms with Crippen LogP contribution in [-0.2, 0) is 12.8 Å². The Morgan fingerprint density at radius 3 is 2.68 bits per heavy atom. The van der Waals surface area contributed by atoms with E-state index >= 15 is 0 Å². The van der Waals surface area contributed by atoms with E-state index in [1.807, 2.05) is 12.1 Å². The zero-order valence-corrected chi connectivity index (χ0v) is 20.4. The highest BCUT2D eigenvalue weighted by molar-refractivity contribution is 5.81. The minimum atomic E-state index is 0.188. The highest BCUT2D eigenvalue weighted by atomic mass is 16.5. The quantitative estimate of drug-likeness (QED) is 0.359. The highest BCUT2D eigenvalue weighted by Gasteiger charge is 2.32. The monoisotopic (exact) mass is 451 g/mol. The van der Waals surface area contributed by atoms with Gasteiger partial charge in [0.1, 0.15) is 24.0 Å². The fourth-order valence-corrected chi connectivity index (χ4v) is 5.56. The van der Waals surface area contributed by atoms with Crippen molar-refractivity contribution >= 4 is 11.4 Å². The summed E-state index contributed by atoms with van der Waals surface area (Å²) in [6.45, 7) is 8.55. The summed E-state index contributed by atoms with van der Waals surface area (Å²) >= 11 is 0. The molecular formula is C30H33N3O. The third-order valence-corrected chi connectivity index (χ3v) is 7.08. The first-order valence-electron chi connectivity index (χ1n) is 12.3. The number of nitrogens with two attached hydrogens (primary N) is 1. The summed E-state index contributed by atoms with van der Waals surface area (Å²) in [7, 11) is 0. The van der Waals surface area contributed by atoms with Gasteiger partial charge in [0.2, 0.25) is 0 Å². The Labute approximate surface area is 203 Å². The van der Waals surface area contributed by atoms with Gasteiger partial charge in [0.05, 0.1) is 11.7 Å². The van der Waals surface area contributed by atoms with Crippen molar-refractivity contribution in [2.75, 3.05) is 23.8 Å². The second-order valence-electron chi connectivity index (χ2n) is 10.8. The number of ether oxygens (including phenoxy) is 1. The molecule has 0 radical (unpaired) electrons. The van der Waals surface area contributed by atoms with Crippen LogP contribution in [-0.4, -0.2) is 19.2 Å². The summed E-state index contributed by atoms with van der Waals surface area (Å²) in [6.07, 6.45) is 4.27. The summed E-state index contributed by atoms with van der Waals surface area (Å²) in [5.41, 5.74) is 15.6. The number of nitrogen functional groups attached to an aromatic ring is 1. The molecule has 5 rings (SSSR count). The first-order chi connectivity index (χ1) is 16.4. The largest absolute Gasteiger partial charge is 0.490 e. The molecule has 34 heavy (non-hydrogen) atoms. The number of nitrogens with zero attached hydrogens (tertiary/aromatic N) is 2. The normalized spacial score (nSPS) is 16.8. The maximum absolute atomic E-state index is 9.51. The van der Waals surface area contributed by atoms with Crippen LogP contribution < -0.4 is 15.4 Å². The van der Waals surface area contributed by atoms with Gasteiger partial charge < -0.3 is 15.4 Å². The molecule has 0 bridgehead atoms. The molecule has 2 N–H and O–H groups in total. The molecule has 2 aliphatic rings. The van der Waals surface area contributed by atoms with Crippen LogP contribution >= 0.6 is 0 Å². The molecule has 3 aromatic carbocycles. The van der Waals surface area contributed by atoms with E-state index in [-0.39, 0.29) is 11.5 Å². The zero-order chi connectivity index (χ0) is 23.9. The van der Waals surface area contributed by atoms with Crippen molar-refractivity contribution in [3.63, 3.8) is 0 Å². The lowest BCUT2D eigenvalue weighted by molar-refractivity contribution is 0.288. The molecule has 1 heterocycles. The molecule has 4 heteroatoms. The molecule has 0 spiro atoms. The minimum absolute atomic E-state index is 0.188. The van der Waals surface area contributed by atoms with Gasteiger partial charge in [-0.3, -0.25) is 0 Å². The zero-order valence-electron chi connectivity index (χ0n) is 20.4. The van der Waals surface area contributed by atoms with Gasteiger partial charge in [-0.25, -0.2) is 0 Å². The van der Waals surface area contributed by atoms with E-state index in [0.29, 0.717) is 23.6 Å². The Bertz CT molecular complexity index is 1270. The summed E-state index contributed by atoms with van der Waals surface area (Å²) in [6, 6.07) is 21.4. The smallest absolute Gasteiger partial charge is 0.139 e. The van der Waals surface area contributed by atoms with Gasteiger partial charge in [-0.15, -0.1) is 0 Å². The number of anilines is 2. The third-order valence-electron chi connectivity index (χ3n) is 7.08. The van der Waals surface area contributed by atoms with Crippen LogP contribution in [0.1, 0.15) is 55.9 Å². The van der Waals surface area contributed by atoms with Crippen LogP contribution in [0, 0.1) is 16.7 Å². The van der Waals surface area contributed by atoms with E-state index in [1.54, 1.807) is 6.07 Å². The highest BCUT2D eigenvalue weighted by Crippen LogP contribution is 2.44. The topological polar surface area (TPSA) is 62.3 Å². The van der Waals surface area contributed by atoms with Crippen molar-refractivity contribution in [3.05, 3.63) is 76.9 Å². The van der Waals surface area contributed by atoms with Crippen molar-refractivity contribution in [1.29, 1.82) is 5.26 Å². The van der Waals surface area contributed by atoms with Crippen molar-refractivity contribution in [1.82, 2.24) is 0 Å². The molecule has 0 unspecified atom stereocenters. The van der Waals surface area contributed by atoms with E-state index in [2.05, 4.69) is 68.1 Å². The predicted octanol–water partition coefficient (Wildman–Crippen LogP) is 6.35. The molecule has 1 atom stereocenters. The molecule has 0 saturated carbocycles. The molecule has 1 saturated heterocycles. The van der Waals surface area contributed by atoms with Crippen molar-refractivity contribution in [3.8, 4) is 22.9 Å². The Balaban J connectivity index is 1.47. The van der Waals surface area contributed by atoms with Crippen LogP contribution in [0.4, 0.5) is 11.4 Å². The van der Waals surface area contributed by atoms with Crippen molar-refractivity contribution in [2.45, 2.75) is 52.5 Å². The average molecular weight is 452 g/mol. The summed E-state index contributed by atoms with van der Waals surface area (Å²) in [5.74, 6) is 0.577. The second kappa shape index (κ2) is 8.72. The maximum Gasteiger partial charge on any atom is 0.139 e. The van der Waals surface area contributed by atoms with E-state index in [4.69, 9.17) is 10.5 Å². The lowest BCUT2D eigenvalue weighted by Crippen LogP contribution is -2.35. The minimum Gasteiger partial charge on any atom is -0.490 e. The van der Waals surface area contributed by atoms with E-state index in [0.717, 1.165) is 32.2 Å².